The number of rotatable bonds is 3. The number of hydrogen-bond acceptors (Lipinski definition) is 2. The number of carbonyl (C=O) groups is 1. The third-order valence-corrected chi connectivity index (χ3v) is 2.17. The van der Waals surface area contributed by atoms with Crippen LogP contribution in [0.2, 0.25) is 0 Å². The molecule has 0 saturated heterocycles. The molecule has 0 fully saturated rings. The van der Waals surface area contributed by atoms with Crippen molar-refractivity contribution >= 4 is 5.91 Å². The Morgan fingerprint density at radius 3 is 2.33 bits per heavy atom. The minimum Gasteiger partial charge on any atom is -0.382 e. The van der Waals surface area contributed by atoms with Gasteiger partial charge in [-0.15, -0.1) is 0 Å². The normalized spacial score (nSPS) is 16.8. The summed E-state index contributed by atoms with van der Waals surface area (Å²) in [6.07, 6.45) is -2.23. The van der Waals surface area contributed by atoms with Gasteiger partial charge in [-0.1, -0.05) is 12.1 Å². The molecule has 15 heavy (non-hydrogen) atoms. The molecule has 1 rings (SSSR count). The number of halogens is 2. The van der Waals surface area contributed by atoms with E-state index in [0.29, 0.717) is 0 Å². The van der Waals surface area contributed by atoms with Crippen LogP contribution in [-0.2, 0) is 10.4 Å². The number of alkyl halides is 1. The maximum Gasteiger partial charge on any atom is 0.255 e. The lowest BCUT2D eigenvalue weighted by molar-refractivity contribution is -0.133. The van der Waals surface area contributed by atoms with E-state index in [1.807, 2.05) is 0 Å². The van der Waals surface area contributed by atoms with E-state index in [1.165, 1.54) is 12.1 Å². The average molecular weight is 215 g/mol. The van der Waals surface area contributed by atoms with E-state index in [4.69, 9.17) is 5.73 Å². The summed E-state index contributed by atoms with van der Waals surface area (Å²) in [5.74, 6) is -1.77. The predicted molar refractivity (Wildman–Crippen MR) is 50.1 cm³/mol. The quantitative estimate of drug-likeness (QED) is 0.785. The van der Waals surface area contributed by atoms with Crippen LogP contribution in [0, 0.1) is 5.82 Å². The standard InChI is InChI=1S/C10H11F2NO2/c1-10(15,8(12)9(13)14)6-2-4-7(11)5-3-6/h2-5,8,15H,1H3,(H2,13,14)/t8-,10+/m0/s1. The second-order valence-electron chi connectivity index (χ2n) is 3.42. The summed E-state index contributed by atoms with van der Waals surface area (Å²) in [6, 6.07) is 4.53. The Balaban J connectivity index is 3.05. The van der Waals surface area contributed by atoms with Crippen LogP contribution in [0.15, 0.2) is 24.3 Å². The van der Waals surface area contributed by atoms with Gasteiger partial charge in [-0.25, -0.2) is 8.78 Å². The van der Waals surface area contributed by atoms with Gasteiger partial charge in [0.1, 0.15) is 11.4 Å². The summed E-state index contributed by atoms with van der Waals surface area (Å²) in [4.78, 5) is 10.6. The highest BCUT2D eigenvalue weighted by Crippen LogP contribution is 2.26. The molecule has 1 aromatic rings. The van der Waals surface area contributed by atoms with E-state index in [1.54, 1.807) is 0 Å². The molecule has 1 aromatic carbocycles. The van der Waals surface area contributed by atoms with Crippen LogP contribution in [0.25, 0.3) is 0 Å². The molecule has 0 aromatic heterocycles. The summed E-state index contributed by atoms with van der Waals surface area (Å²) < 4.78 is 25.8. The largest absolute Gasteiger partial charge is 0.382 e. The first kappa shape index (κ1) is 11.6. The maximum atomic E-state index is 13.3. The van der Waals surface area contributed by atoms with Crippen molar-refractivity contribution < 1.29 is 18.7 Å². The SMILES string of the molecule is C[C@@](O)(c1ccc(F)cc1)[C@@H](F)C(N)=O. The molecule has 0 heterocycles. The Morgan fingerprint density at radius 1 is 1.47 bits per heavy atom. The Bertz CT molecular complexity index is 362. The average Bonchev–Trinajstić information content (AvgIpc) is 2.17. The van der Waals surface area contributed by atoms with Gasteiger partial charge in [-0.3, -0.25) is 4.79 Å². The molecular weight excluding hydrogens is 204 g/mol. The van der Waals surface area contributed by atoms with E-state index in [0.717, 1.165) is 19.1 Å². The maximum absolute atomic E-state index is 13.3. The molecule has 0 spiro atoms. The Kier molecular flexibility index (Phi) is 3.04. The van der Waals surface area contributed by atoms with Gasteiger partial charge in [0.05, 0.1) is 0 Å². The lowest BCUT2D eigenvalue weighted by atomic mass is 9.91. The van der Waals surface area contributed by atoms with Gasteiger partial charge in [0.15, 0.2) is 0 Å². The van der Waals surface area contributed by atoms with Gasteiger partial charge in [0, 0.05) is 0 Å². The van der Waals surface area contributed by atoms with Gasteiger partial charge in [-0.2, -0.15) is 0 Å². The second-order valence-corrected chi connectivity index (χ2v) is 3.42. The van der Waals surface area contributed by atoms with Gasteiger partial charge < -0.3 is 10.8 Å². The number of carbonyl (C=O) groups excluding carboxylic acids is 1. The topological polar surface area (TPSA) is 63.3 Å². The summed E-state index contributed by atoms with van der Waals surface area (Å²) in [5, 5.41) is 9.72. The highest BCUT2D eigenvalue weighted by molar-refractivity contribution is 5.80. The highest BCUT2D eigenvalue weighted by Gasteiger charge is 2.38. The fourth-order valence-electron chi connectivity index (χ4n) is 1.21. The summed E-state index contributed by atoms with van der Waals surface area (Å²) in [7, 11) is 0. The summed E-state index contributed by atoms with van der Waals surface area (Å²) >= 11 is 0. The lowest BCUT2D eigenvalue weighted by Crippen LogP contribution is -2.42. The lowest BCUT2D eigenvalue weighted by Gasteiger charge is -2.25. The fourth-order valence-corrected chi connectivity index (χ4v) is 1.21. The van der Waals surface area contributed by atoms with Gasteiger partial charge in [0.25, 0.3) is 5.91 Å². The Morgan fingerprint density at radius 2 is 1.93 bits per heavy atom. The minimum absolute atomic E-state index is 0.0928. The van der Waals surface area contributed by atoms with Crippen molar-refractivity contribution in [2.45, 2.75) is 18.7 Å². The van der Waals surface area contributed by atoms with Crippen molar-refractivity contribution in [2.75, 3.05) is 0 Å². The van der Waals surface area contributed by atoms with Crippen molar-refractivity contribution in [3.8, 4) is 0 Å². The molecule has 3 nitrogen and oxygen atoms in total. The second kappa shape index (κ2) is 3.94. The molecule has 0 unspecified atom stereocenters. The zero-order valence-corrected chi connectivity index (χ0v) is 8.08. The fraction of sp³-hybridized carbons (Fsp3) is 0.300. The molecule has 3 N–H and O–H groups in total. The molecule has 0 aliphatic rings. The van der Waals surface area contributed by atoms with Crippen molar-refractivity contribution in [3.05, 3.63) is 35.6 Å². The Hall–Kier alpha value is -1.49. The molecule has 0 aliphatic heterocycles. The first-order chi connectivity index (χ1) is 6.85. The zero-order valence-electron chi connectivity index (χ0n) is 8.08. The predicted octanol–water partition coefficient (Wildman–Crippen LogP) is 0.857. The van der Waals surface area contributed by atoms with Gasteiger partial charge in [-0.05, 0) is 24.6 Å². The van der Waals surface area contributed by atoms with Crippen LogP contribution in [0.3, 0.4) is 0 Å². The molecule has 2 atom stereocenters. The number of primary amides is 1. The first-order valence-electron chi connectivity index (χ1n) is 4.27. The van der Waals surface area contributed by atoms with Crippen LogP contribution in [0.1, 0.15) is 12.5 Å². The van der Waals surface area contributed by atoms with Crippen molar-refractivity contribution in [3.63, 3.8) is 0 Å². The smallest absolute Gasteiger partial charge is 0.255 e. The van der Waals surface area contributed by atoms with Crippen LogP contribution in [0.5, 0.6) is 0 Å². The number of nitrogens with two attached hydrogens (primary N) is 1. The molecule has 0 bridgehead atoms. The number of aliphatic hydroxyl groups is 1. The first-order valence-corrected chi connectivity index (χ1v) is 4.27. The third-order valence-electron chi connectivity index (χ3n) is 2.17. The molecule has 5 heteroatoms. The van der Waals surface area contributed by atoms with Crippen LogP contribution in [0.4, 0.5) is 8.78 Å². The third kappa shape index (κ3) is 2.30. The number of amides is 1. The molecule has 0 aliphatic carbocycles. The van der Waals surface area contributed by atoms with Crippen molar-refractivity contribution in [2.24, 2.45) is 5.73 Å². The highest BCUT2D eigenvalue weighted by atomic mass is 19.1. The van der Waals surface area contributed by atoms with Crippen molar-refractivity contribution in [1.29, 1.82) is 0 Å². The monoisotopic (exact) mass is 215 g/mol. The van der Waals surface area contributed by atoms with Crippen LogP contribution >= 0.6 is 0 Å². The van der Waals surface area contributed by atoms with E-state index in [-0.39, 0.29) is 5.56 Å². The van der Waals surface area contributed by atoms with Crippen molar-refractivity contribution in [1.82, 2.24) is 0 Å². The summed E-state index contributed by atoms with van der Waals surface area (Å²) in [6.45, 7) is 1.11. The molecular formula is C10H11F2NO2. The van der Waals surface area contributed by atoms with Crippen LogP contribution in [-0.4, -0.2) is 17.2 Å². The number of hydrogen-bond donors (Lipinski definition) is 2. The van der Waals surface area contributed by atoms with E-state index >= 15 is 0 Å². The molecule has 1 amide bonds. The molecule has 0 saturated carbocycles. The van der Waals surface area contributed by atoms with Gasteiger partial charge >= 0.3 is 0 Å². The van der Waals surface area contributed by atoms with Crippen LogP contribution < -0.4 is 5.73 Å². The minimum atomic E-state index is -2.23. The molecule has 0 radical (unpaired) electrons. The zero-order chi connectivity index (χ0) is 11.6. The summed E-state index contributed by atoms with van der Waals surface area (Å²) in [5.41, 5.74) is 2.79. The van der Waals surface area contributed by atoms with E-state index in [2.05, 4.69) is 0 Å². The van der Waals surface area contributed by atoms with E-state index in [9.17, 15) is 18.7 Å². The molecule has 82 valence electrons. The number of benzene rings is 1. The van der Waals surface area contributed by atoms with Gasteiger partial charge in [0.2, 0.25) is 6.17 Å². The Labute approximate surface area is 85.5 Å². The van der Waals surface area contributed by atoms with E-state index < -0.39 is 23.5 Å².